The summed E-state index contributed by atoms with van der Waals surface area (Å²) in [4.78, 5) is 8.72. The summed E-state index contributed by atoms with van der Waals surface area (Å²) in [6.45, 7) is 20.2. The summed E-state index contributed by atoms with van der Waals surface area (Å²) in [5.41, 5.74) is 12.0. The highest BCUT2D eigenvalue weighted by atomic mass is 35.5. The first kappa shape index (κ1) is 40.7. The van der Waals surface area contributed by atoms with Crippen LogP contribution in [0.15, 0.2) is 34.8 Å². The van der Waals surface area contributed by atoms with Gasteiger partial charge < -0.3 is 57.5 Å². The number of nitrogens with two attached hydrogens (primary N) is 2. The Bertz CT molecular complexity index is 640. The molecule has 0 saturated heterocycles. The first-order chi connectivity index (χ1) is 17.4. The number of nitrogens with zero attached hydrogens (tertiary/aromatic N) is 2. The van der Waals surface area contributed by atoms with Gasteiger partial charge in [-0.25, -0.2) is 0 Å². The van der Waals surface area contributed by atoms with Crippen molar-refractivity contribution in [1.29, 1.82) is 0 Å². The largest absolute Gasteiger partial charge is 1.00 e. The monoisotopic (exact) mass is 576 g/mol. The van der Waals surface area contributed by atoms with E-state index in [1.807, 2.05) is 0 Å². The second-order valence-electron chi connectivity index (χ2n) is 9.75. The number of hydrogen-bond acceptors (Lipinski definition) is 4. The first-order valence-corrected chi connectivity index (χ1v) is 14.4. The van der Waals surface area contributed by atoms with E-state index < -0.39 is 0 Å². The molecule has 0 fully saturated rings. The smallest absolute Gasteiger partial charge is 0.195 e. The van der Waals surface area contributed by atoms with Gasteiger partial charge in [0, 0.05) is 26.2 Å². The zero-order chi connectivity index (χ0) is 27.0. The third-order valence-corrected chi connectivity index (χ3v) is 6.49. The minimum Gasteiger partial charge on any atom is -1.00 e. The van der Waals surface area contributed by atoms with E-state index in [1.165, 1.54) is 44.9 Å². The maximum Gasteiger partial charge on any atom is 0.195 e. The van der Waals surface area contributed by atoms with Crippen molar-refractivity contribution in [3.8, 4) is 0 Å². The molecule has 8 nitrogen and oxygen atoms in total. The Morgan fingerprint density at radius 2 is 1.26 bits per heavy atom. The van der Waals surface area contributed by atoms with Crippen molar-refractivity contribution in [2.24, 2.45) is 33.3 Å². The molecule has 2 atom stereocenters. The van der Waals surface area contributed by atoms with Gasteiger partial charge in [-0.15, -0.1) is 0 Å². The maximum atomic E-state index is 5.99. The van der Waals surface area contributed by atoms with Gasteiger partial charge in [0.1, 0.15) is 5.82 Å². The van der Waals surface area contributed by atoms with Gasteiger partial charge in [-0.05, 0) is 37.5 Å². The van der Waals surface area contributed by atoms with Crippen LogP contribution < -0.4 is 57.5 Å². The van der Waals surface area contributed by atoms with Crippen LogP contribution in [0.3, 0.4) is 0 Å². The molecule has 0 bridgehead atoms. The van der Waals surface area contributed by atoms with E-state index in [9.17, 15) is 0 Å². The molecule has 0 aromatic rings. The second kappa shape index (κ2) is 28.2. The van der Waals surface area contributed by atoms with Gasteiger partial charge in [0.2, 0.25) is 0 Å². The average Bonchev–Trinajstić information content (AvgIpc) is 2.85. The highest BCUT2D eigenvalue weighted by molar-refractivity contribution is 5.79. The van der Waals surface area contributed by atoms with Crippen molar-refractivity contribution in [2.45, 2.75) is 105 Å². The summed E-state index contributed by atoms with van der Waals surface area (Å²) in [5, 5.41) is 12.9. The Morgan fingerprint density at radius 1 is 0.711 bits per heavy atom. The number of rotatable bonds is 23. The van der Waals surface area contributed by atoms with Gasteiger partial charge in [0.05, 0.1) is 5.82 Å². The molecule has 38 heavy (non-hydrogen) atoms. The van der Waals surface area contributed by atoms with Gasteiger partial charge in [-0.2, -0.15) is 4.99 Å². The van der Waals surface area contributed by atoms with E-state index in [4.69, 9.17) is 11.5 Å². The lowest BCUT2D eigenvalue weighted by atomic mass is 9.99. The van der Waals surface area contributed by atoms with E-state index in [1.54, 1.807) is 0 Å². The summed E-state index contributed by atoms with van der Waals surface area (Å²) in [6.07, 6.45) is 14.0. The molecule has 0 rings (SSSR count). The molecular weight excluding hydrogens is 519 g/mol. The summed E-state index contributed by atoms with van der Waals surface area (Å²) in [6, 6.07) is 0. The van der Waals surface area contributed by atoms with Gasteiger partial charge in [-0.3, -0.25) is 4.99 Å². The van der Waals surface area contributed by atoms with Gasteiger partial charge in [-0.1, -0.05) is 92.2 Å². The summed E-state index contributed by atoms with van der Waals surface area (Å²) >= 11 is 0. The van der Waals surface area contributed by atoms with E-state index >= 15 is 0 Å². The van der Waals surface area contributed by atoms with E-state index in [0.717, 1.165) is 57.6 Å². The zero-order valence-corrected chi connectivity index (χ0v) is 26.2. The molecule has 0 saturated carbocycles. The molecular formula is C28H58Cl2N8-2. The molecule has 0 heterocycles. The lowest BCUT2D eigenvalue weighted by Gasteiger charge is -2.18. The predicted octanol–water partition coefficient (Wildman–Crippen LogP) is -1.08. The lowest BCUT2D eigenvalue weighted by molar-refractivity contribution is -0.00100. The van der Waals surface area contributed by atoms with Crippen LogP contribution in [0.2, 0.25) is 0 Å². The minimum absolute atomic E-state index is 0. The molecule has 8 N–H and O–H groups in total. The standard InChI is InChI=1S/C28H58N8.2ClH/c1-7-11-17-25(9-3)21-33-23(5)35-27(29)31-19-15-13-14-16-20-32-28(30)36-24(6)34-22-26(10-4)18-12-8-2;;/h25-26,33-34H,5-22H2,1-4H3,(H3,29,31,35)(H3,30,32,36);2*1H/p-2. The molecule has 0 aromatic heterocycles. The fourth-order valence-corrected chi connectivity index (χ4v) is 3.89. The highest BCUT2D eigenvalue weighted by Crippen LogP contribution is 2.12. The molecule has 10 heteroatoms. The van der Waals surface area contributed by atoms with Crippen LogP contribution >= 0.6 is 0 Å². The van der Waals surface area contributed by atoms with Crippen molar-refractivity contribution >= 4 is 11.9 Å². The van der Waals surface area contributed by atoms with E-state index in [-0.39, 0.29) is 24.8 Å². The molecule has 0 aliphatic heterocycles. The Labute approximate surface area is 246 Å². The quantitative estimate of drug-likeness (QED) is 0.0522. The Morgan fingerprint density at radius 3 is 1.82 bits per heavy atom. The number of unbranched alkanes of at least 4 members (excludes halogenated alkanes) is 5. The van der Waals surface area contributed by atoms with Crippen LogP contribution in [0.1, 0.15) is 105 Å². The Kier molecular flexibility index (Phi) is 30.2. The first-order valence-electron chi connectivity index (χ1n) is 14.4. The molecule has 0 amide bonds. The summed E-state index contributed by atoms with van der Waals surface area (Å²) in [7, 11) is 0. The van der Waals surface area contributed by atoms with Crippen molar-refractivity contribution < 1.29 is 24.8 Å². The molecule has 0 radical (unpaired) electrons. The van der Waals surface area contributed by atoms with E-state index in [0.29, 0.717) is 36.1 Å². The van der Waals surface area contributed by atoms with Crippen LogP contribution in [0, 0.1) is 11.8 Å². The molecule has 226 valence electrons. The van der Waals surface area contributed by atoms with Crippen molar-refractivity contribution in [1.82, 2.24) is 21.3 Å². The third-order valence-electron chi connectivity index (χ3n) is 6.49. The van der Waals surface area contributed by atoms with Crippen molar-refractivity contribution in [3.63, 3.8) is 0 Å². The van der Waals surface area contributed by atoms with Crippen molar-refractivity contribution in [2.75, 3.05) is 26.2 Å². The number of guanidine groups is 2. The maximum absolute atomic E-state index is 5.99. The van der Waals surface area contributed by atoms with Crippen LogP contribution in [0.4, 0.5) is 0 Å². The van der Waals surface area contributed by atoms with Crippen LogP contribution in [-0.4, -0.2) is 38.1 Å². The topological polar surface area (TPSA) is 125 Å². The molecule has 0 aliphatic rings. The van der Waals surface area contributed by atoms with Crippen LogP contribution in [0.25, 0.3) is 0 Å². The summed E-state index contributed by atoms with van der Waals surface area (Å²) in [5.74, 6) is 3.51. The number of hydrogen-bond donors (Lipinski definition) is 6. The lowest BCUT2D eigenvalue weighted by Crippen LogP contribution is -3.00. The molecule has 0 aromatic carbocycles. The van der Waals surface area contributed by atoms with Crippen molar-refractivity contribution in [3.05, 3.63) is 24.8 Å². The third kappa shape index (κ3) is 24.5. The SMILES string of the molecule is C=C(N=C(N)NCCCCCCN=C(N)NC(=C)NCC(CC)CCCC)NCC(CC)CCCC.[Cl-].[Cl-]. The molecule has 0 aliphatic carbocycles. The normalized spacial score (nSPS) is 12.9. The molecule has 0 spiro atoms. The predicted molar refractivity (Wildman–Crippen MR) is 159 cm³/mol. The minimum atomic E-state index is 0. The second-order valence-corrected chi connectivity index (χ2v) is 9.75. The Hall–Kier alpha value is -1.80. The zero-order valence-electron chi connectivity index (χ0n) is 24.7. The molecule has 2 unspecified atom stereocenters. The fourth-order valence-electron chi connectivity index (χ4n) is 3.89. The fraction of sp³-hybridized carbons (Fsp3) is 0.786. The van der Waals surface area contributed by atoms with E-state index in [2.05, 4.69) is 72.1 Å². The number of nitrogens with one attached hydrogen (secondary N) is 4. The highest BCUT2D eigenvalue weighted by Gasteiger charge is 2.07. The van der Waals surface area contributed by atoms with Gasteiger partial charge in [0.15, 0.2) is 11.9 Å². The van der Waals surface area contributed by atoms with Gasteiger partial charge >= 0.3 is 0 Å². The van der Waals surface area contributed by atoms with Gasteiger partial charge in [0.25, 0.3) is 0 Å². The number of aliphatic imine (C=N–C) groups is 2. The van der Waals surface area contributed by atoms with Crippen LogP contribution in [0.5, 0.6) is 0 Å². The summed E-state index contributed by atoms with van der Waals surface area (Å²) < 4.78 is 0. The Balaban J connectivity index is -0.00000612. The number of halogens is 2. The average molecular weight is 578 g/mol. The van der Waals surface area contributed by atoms with Crippen LogP contribution in [-0.2, 0) is 0 Å².